The predicted molar refractivity (Wildman–Crippen MR) is 94.1 cm³/mol. The highest BCUT2D eigenvalue weighted by Gasteiger charge is 2.07. The Morgan fingerprint density at radius 2 is 2.04 bits per heavy atom. The monoisotopic (exact) mass is 342 g/mol. The number of carbonyl (C=O) groups is 1. The number of halogens is 1. The minimum atomic E-state index is -0.943. The van der Waals surface area contributed by atoms with E-state index in [4.69, 9.17) is 16.7 Å². The van der Waals surface area contributed by atoms with Gasteiger partial charge in [-0.2, -0.15) is 5.10 Å². The van der Waals surface area contributed by atoms with Crippen molar-refractivity contribution in [2.75, 3.05) is 10.6 Å². The number of carboxylic acid groups (broad SMARTS) is 1. The van der Waals surface area contributed by atoms with E-state index < -0.39 is 5.97 Å². The normalized spacial score (nSPS) is 10.4. The van der Waals surface area contributed by atoms with E-state index >= 15 is 0 Å². The van der Waals surface area contributed by atoms with Crippen LogP contribution in [0.3, 0.4) is 0 Å². The molecule has 3 rings (SSSR count). The van der Waals surface area contributed by atoms with Gasteiger partial charge in [0.2, 0.25) is 0 Å². The lowest BCUT2D eigenvalue weighted by molar-refractivity contribution is 0.0697. The fourth-order valence-corrected chi connectivity index (χ4v) is 2.43. The Bertz CT molecular complexity index is 863. The topological polar surface area (TPSA) is 90.0 Å². The van der Waals surface area contributed by atoms with Crippen LogP contribution < -0.4 is 10.6 Å². The number of benzene rings is 2. The van der Waals surface area contributed by atoms with Crippen molar-refractivity contribution in [2.24, 2.45) is 0 Å². The fraction of sp³-hybridized carbons (Fsp3) is 0.0588. The smallest absolute Gasteiger partial charge is 0.335 e. The molecular weight excluding hydrogens is 328 g/mol. The van der Waals surface area contributed by atoms with Crippen LogP contribution in [0.2, 0.25) is 5.02 Å². The van der Waals surface area contributed by atoms with E-state index in [1.807, 2.05) is 24.3 Å². The number of anilines is 3. The van der Waals surface area contributed by atoms with Crippen LogP contribution in [0.5, 0.6) is 0 Å². The summed E-state index contributed by atoms with van der Waals surface area (Å²) >= 11 is 5.98. The molecule has 0 unspecified atom stereocenters. The van der Waals surface area contributed by atoms with Crippen molar-refractivity contribution in [3.63, 3.8) is 0 Å². The summed E-state index contributed by atoms with van der Waals surface area (Å²) in [5.41, 5.74) is 2.74. The van der Waals surface area contributed by atoms with Gasteiger partial charge in [0.15, 0.2) is 0 Å². The molecule has 3 aromatic rings. The third-order valence-corrected chi connectivity index (χ3v) is 3.62. The number of nitrogens with zero attached hydrogens (tertiary/aromatic N) is 1. The average Bonchev–Trinajstić information content (AvgIpc) is 3.00. The molecule has 1 heterocycles. The van der Waals surface area contributed by atoms with Crippen molar-refractivity contribution in [1.29, 1.82) is 0 Å². The number of nitrogens with one attached hydrogen (secondary N) is 3. The highest BCUT2D eigenvalue weighted by molar-refractivity contribution is 6.30. The molecule has 122 valence electrons. The van der Waals surface area contributed by atoms with Crippen LogP contribution >= 0.6 is 11.6 Å². The number of carboxylic acids is 1. The van der Waals surface area contributed by atoms with Crippen molar-refractivity contribution >= 4 is 34.8 Å². The first-order chi connectivity index (χ1) is 11.6. The molecule has 0 fully saturated rings. The number of hydrogen-bond donors (Lipinski definition) is 4. The molecule has 6 nitrogen and oxygen atoms in total. The summed E-state index contributed by atoms with van der Waals surface area (Å²) in [5, 5.41) is 23.0. The molecule has 24 heavy (non-hydrogen) atoms. The van der Waals surface area contributed by atoms with E-state index in [1.165, 1.54) is 0 Å². The lowest BCUT2D eigenvalue weighted by atomic mass is 10.1. The maximum atomic E-state index is 11.0. The quantitative estimate of drug-likeness (QED) is 0.541. The Morgan fingerprint density at radius 1 is 1.21 bits per heavy atom. The maximum absolute atomic E-state index is 11.0. The predicted octanol–water partition coefficient (Wildman–Crippen LogP) is 4.12. The van der Waals surface area contributed by atoms with Crippen LogP contribution in [0.1, 0.15) is 15.9 Å². The first kappa shape index (κ1) is 15.9. The van der Waals surface area contributed by atoms with Gasteiger partial charge >= 0.3 is 5.97 Å². The van der Waals surface area contributed by atoms with Gasteiger partial charge in [0.1, 0.15) is 11.5 Å². The van der Waals surface area contributed by atoms with E-state index in [1.54, 1.807) is 30.5 Å². The number of hydrogen-bond acceptors (Lipinski definition) is 4. The van der Waals surface area contributed by atoms with Gasteiger partial charge in [-0.15, -0.1) is 0 Å². The van der Waals surface area contributed by atoms with Gasteiger partial charge in [0.25, 0.3) is 0 Å². The average molecular weight is 343 g/mol. The molecule has 0 spiro atoms. The third kappa shape index (κ3) is 3.85. The summed E-state index contributed by atoms with van der Waals surface area (Å²) in [6, 6.07) is 14.2. The molecule has 0 atom stereocenters. The number of aromatic carboxylic acids is 1. The zero-order valence-corrected chi connectivity index (χ0v) is 13.3. The summed E-state index contributed by atoms with van der Waals surface area (Å²) in [5.74, 6) is -0.239. The number of rotatable bonds is 6. The summed E-state index contributed by atoms with van der Waals surface area (Å²) in [6.45, 7) is 0.466. The molecule has 0 aliphatic carbocycles. The molecular formula is C17H15ClN4O2. The molecule has 1 aromatic heterocycles. The standard InChI is InChI=1S/C17H15ClN4O2/c18-13-5-2-6-14(8-13)21-15-10-20-22-16(15)19-9-11-3-1-4-12(7-11)17(23)24/h1-8,10,21H,9H2,(H,23,24)(H2,19,20,22). The first-order valence-corrected chi connectivity index (χ1v) is 7.61. The second-order valence-electron chi connectivity index (χ2n) is 5.15. The highest BCUT2D eigenvalue weighted by atomic mass is 35.5. The van der Waals surface area contributed by atoms with E-state index in [9.17, 15) is 4.79 Å². The molecule has 4 N–H and O–H groups in total. The largest absolute Gasteiger partial charge is 0.478 e. The number of H-pyrrole nitrogens is 1. The first-order valence-electron chi connectivity index (χ1n) is 7.24. The summed E-state index contributed by atoms with van der Waals surface area (Å²) in [4.78, 5) is 11.0. The third-order valence-electron chi connectivity index (χ3n) is 3.39. The van der Waals surface area contributed by atoms with E-state index in [0.29, 0.717) is 17.4 Å². The second-order valence-corrected chi connectivity index (χ2v) is 5.59. The van der Waals surface area contributed by atoms with Crippen LogP contribution in [0, 0.1) is 0 Å². The van der Waals surface area contributed by atoms with Crippen LogP contribution in [-0.2, 0) is 6.54 Å². The van der Waals surface area contributed by atoms with Crippen LogP contribution in [0.25, 0.3) is 0 Å². The fourth-order valence-electron chi connectivity index (χ4n) is 2.24. The molecule has 0 bridgehead atoms. The second kappa shape index (κ2) is 7.06. The van der Waals surface area contributed by atoms with E-state index in [0.717, 1.165) is 16.9 Å². The van der Waals surface area contributed by atoms with Crippen molar-refractivity contribution in [3.8, 4) is 0 Å². The lowest BCUT2D eigenvalue weighted by Gasteiger charge is -2.09. The van der Waals surface area contributed by atoms with E-state index in [-0.39, 0.29) is 5.56 Å². The molecule has 0 saturated heterocycles. The van der Waals surface area contributed by atoms with Crippen LogP contribution in [-0.4, -0.2) is 21.3 Å². The molecule has 0 amide bonds. The van der Waals surface area contributed by atoms with Gasteiger partial charge in [0.05, 0.1) is 11.8 Å². The summed E-state index contributed by atoms with van der Waals surface area (Å²) in [6.07, 6.45) is 1.66. The zero-order chi connectivity index (χ0) is 16.9. The number of aromatic amines is 1. The Hall–Kier alpha value is -2.99. The molecule has 2 aromatic carbocycles. The van der Waals surface area contributed by atoms with Crippen molar-refractivity contribution < 1.29 is 9.90 Å². The van der Waals surface area contributed by atoms with Crippen LogP contribution in [0.4, 0.5) is 17.2 Å². The summed E-state index contributed by atoms with van der Waals surface area (Å²) < 4.78 is 0. The Morgan fingerprint density at radius 3 is 2.83 bits per heavy atom. The summed E-state index contributed by atoms with van der Waals surface area (Å²) in [7, 11) is 0. The SMILES string of the molecule is O=C(O)c1cccc(CNc2[nH]ncc2Nc2cccc(Cl)c2)c1. The van der Waals surface area contributed by atoms with Gasteiger partial charge in [0, 0.05) is 17.3 Å². The van der Waals surface area contributed by atoms with Crippen LogP contribution in [0.15, 0.2) is 54.7 Å². The van der Waals surface area contributed by atoms with Crippen molar-refractivity contribution in [1.82, 2.24) is 10.2 Å². The Labute approximate surface area is 143 Å². The number of aromatic nitrogens is 2. The van der Waals surface area contributed by atoms with Gasteiger partial charge in [-0.1, -0.05) is 29.8 Å². The molecule has 0 radical (unpaired) electrons. The minimum Gasteiger partial charge on any atom is -0.478 e. The molecule has 0 saturated carbocycles. The lowest BCUT2D eigenvalue weighted by Crippen LogP contribution is -2.04. The molecule has 7 heteroatoms. The van der Waals surface area contributed by atoms with Crippen molar-refractivity contribution in [3.05, 3.63) is 70.9 Å². The Kier molecular flexibility index (Phi) is 4.67. The van der Waals surface area contributed by atoms with Gasteiger partial charge in [-0.3, -0.25) is 5.10 Å². The van der Waals surface area contributed by atoms with E-state index in [2.05, 4.69) is 20.8 Å². The Balaban J connectivity index is 1.70. The van der Waals surface area contributed by atoms with Gasteiger partial charge < -0.3 is 15.7 Å². The van der Waals surface area contributed by atoms with Gasteiger partial charge in [-0.25, -0.2) is 4.79 Å². The zero-order valence-electron chi connectivity index (χ0n) is 12.6. The molecule has 0 aliphatic heterocycles. The minimum absolute atomic E-state index is 0.260. The molecule has 0 aliphatic rings. The van der Waals surface area contributed by atoms with Crippen molar-refractivity contribution in [2.45, 2.75) is 6.54 Å². The highest BCUT2D eigenvalue weighted by Crippen LogP contribution is 2.25. The maximum Gasteiger partial charge on any atom is 0.335 e. The van der Waals surface area contributed by atoms with Gasteiger partial charge in [-0.05, 0) is 35.9 Å².